The molecule has 0 fully saturated rings. The Labute approximate surface area is 121 Å². The molecule has 2 aromatic rings. The van der Waals surface area contributed by atoms with Gasteiger partial charge in [0.05, 0.1) is 22.7 Å². The third kappa shape index (κ3) is 3.68. The molecule has 1 aromatic carbocycles. The van der Waals surface area contributed by atoms with Crippen LogP contribution in [-0.2, 0) is 11.2 Å². The maximum atomic E-state index is 11.7. The first-order valence-electron chi connectivity index (χ1n) is 6.14. The van der Waals surface area contributed by atoms with Gasteiger partial charge in [-0.2, -0.15) is 5.26 Å². The number of carbonyl (C=O) groups excluding carboxylic acids is 1. The molecule has 1 N–H and O–H groups in total. The predicted octanol–water partition coefficient (Wildman–Crippen LogP) is 3.71. The smallest absolute Gasteiger partial charge is 0.413 e. The van der Waals surface area contributed by atoms with Gasteiger partial charge < -0.3 is 4.74 Å². The highest BCUT2D eigenvalue weighted by molar-refractivity contribution is 7.22. The number of nitrogens with zero attached hydrogens (tertiary/aromatic N) is 2. The highest BCUT2D eigenvalue weighted by atomic mass is 32.1. The molecule has 104 valence electrons. The Morgan fingerprint density at radius 2 is 2.25 bits per heavy atom. The van der Waals surface area contributed by atoms with Crippen molar-refractivity contribution in [2.24, 2.45) is 0 Å². The highest BCUT2D eigenvalue weighted by Gasteiger charge is 2.17. The summed E-state index contributed by atoms with van der Waals surface area (Å²) < 4.78 is 6.11. The molecule has 0 aliphatic carbocycles. The number of benzene rings is 1. The van der Waals surface area contributed by atoms with Crippen LogP contribution in [0.5, 0.6) is 0 Å². The number of aromatic nitrogens is 1. The number of ether oxygens (including phenoxy) is 1. The first-order valence-corrected chi connectivity index (χ1v) is 6.95. The lowest BCUT2D eigenvalue weighted by Gasteiger charge is -2.18. The second-order valence-corrected chi connectivity index (χ2v) is 6.31. The third-order valence-corrected chi connectivity index (χ3v) is 3.28. The molecule has 0 bridgehead atoms. The molecule has 1 heterocycles. The van der Waals surface area contributed by atoms with Crippen LogP contribution >= 0.6 is 11.3 Å². The molecule has 6 heteroatoms. The molecule has 5 nitrogen and oxygen atoms in total. The summed E-state index contributed by atoms with van der Waals surface area (Å²) in [5.41, 5.74) is 1.19. The molecule has 0 saturated heterocycles. The zero-order valence-electron chi connectivity index (χ0n) is 11.6. The van der Waals surface area contributed by atoms with Gasteiger partial charge in [-0.15, -0.1) is 0 Å². The minimum absolute atomic E-state index is 0.364. The molecule has 1 aromatic heterocycles. The van der Waals surface area contributed by atoms with E-state index in [0.717, 1.165) is 15.8 Å². The Kier molecular flexibility index (Phi) is 3.91. The van der Waals surface area contributed by atoms with Crippen molar-refractivity contribution in [2.45, 2.75) is 32.8 Å². The fourth-order valence-corrected chi connectivity index (χ4v) is 2.53. The van der Waals surface area contributed by atoms with Crippen molar-refractivity contribution in [2.75, 3.05) is 5.32 Å². The van der Waals surface area contributed by atoms with Crippen molar-refractivity contribution in [3.8, 4) is 6.07 Å². The van der Waals surface area contributed by atoms with Crippen LogP contribution in [0, 0.1) is 11.3 Å². The second-order valence-electron chi connectivity index (χ2n) is 5.28. The molecule has 0 atom stereocenters. The van der Waals surface area contributed by atoms with Crippen LogP contribution in [-0.4, -0.2) is 16.7 Å². The molecular weight excluding hydrogens is 274 g/mol. The first kappa shape index (κ1) is 14.3. The number of rotatable bonds is 2. The maximum absolute atomic E-state index is 11.7. The molecule has 0 aliphatic heterocycles. The molecule has 0 aliphatic rings. The van der Waals surface area contributed by atoms with E-state index in [1.165, 1.54) is 11.3 Å². The Bertz CT molecular complexity index is 680. The van der Waals surface area contributed by atoms with Crippen LogP contribution in [0.1, 0.15) is 26.3 Å². The molecule has 20 heavy (non-hydrogen) atoms. The van der Waals surface area contributed by atoms with Gasteiger partial charge in [0, 0.05) is 0 Å². The summed E-state index contributed by atoms with van der Waals surface area (Å²) in [4.78, 5) is 16.0. The van der Waals surface area contributed by atoms with Crippen molar-refractivity contribution < 1.29 is 9.53 Å². The van der Waals surface area contributed by atoms with E-state index in [4.69, 9.17) is 10.00 Å². The van der Waals surface area contributed by atoms with Gasteiger partial charge in [0.15, 0.2) is 5.13 Å². The second kappa shape index (κ2) is 5.47. The largest absolute Gasteiger partial charge is 0.444 e. The minimum Gasteiger partial charge on any atom is -0.444 e. The van der Waals surface area contributed by atoms with E-state index >= 15 is 0 Å². The van der Waals surface area contributed by atoms with E-state index < -0.39 is 11.7 Å². The lowest BCUT2D eigenvalue weighted by Crippen LogP contribution is -2.27. The van der Waals surface area contributed by atoms with Crippen molar-refractivity contribution in [1.29, 1.82) is 5.26 Å². The zero-order chi connectivity index (χ0) is 14.8. The van der Waals surface area contributed by atoms with Crippen LogP contribution in [0.4, 0.5) is 9.93 Å². The quantitative estimate of drug-likeness (QED) is 0.914. The highest BCUT2D eigenvalue weighted by Crippen LogP contribution is 2.27. The van der Waals surface area contributed by atoms with Gasteiger partial charge in [0.1, 0.15) is 5.60 Å². The summed E-state index contributed by atoms with van der Waals surface area (Å²) in [5, 5.41) is 11.8. The van der Waals surface area contributed by atoms with Crippen LogP contribution in [0.2, 0.25) is 0 Å². The Balaban J connectivity index is 2.16. The Hall–Kier alpha value is -2.13. The standard InChI is InChI=1S/C14H15N3O2S/c1-14(2,3)19-13(18)17-12-16-10-5-4-9(6-7-15)8-11(10)20-12/h4-5,8H,6H2,1-3H3,(H,16,17,18). The number of hydrogen-bond acceptors (Lipinski definition) is 5. The molecular formula is C14H15N3O2S. The van der Waals surface area contributed by atoms with Gasteiger partial charge in [-0.25, -0.2) is 9.78 Å². The number of fused-ring (bicyclic) bond motifs is 1. The summed E-state index contributed by atoms with van der Waals surface area (Å²) >= 11 is 1.36. The monoisotopic (exact) mass is 289 g/mol. The molecule has 0 saturated carbocycles. The van der Waals surface area contributed by atoms with E-state index in [-0.39, 0.29) is 0 Å². The van der Waals surface area contributed by atoms with Crippen molar-refractivity contribution in [3.05, 3.63) is 23.8 Å². The number of anilines is 1. The van der Waals surface area contributed by atoms with Crippen LogP contribution in [0.25, 0.3) is 10.2 Å². The maximum Gasteiger partial charge on any atom is 0.413 e. The molecule has 0 unspecified atom stereocenters. The van der Waals surface area contributed by atoms with Gasteiger partial charge >= 0.3 is 6.09 Å². The van der Waals surface area contributed by atoms with Crippen LogP contribution < -0.4 is 5.32 Å². The normalized spacial score (nSPS) is 11.1. The number of amides is 1. The van der Waals surface area contributed by atoms with Gasteiger partial charge in [-0.05, 0) is 38.5 Å². The third-order valence-electron chi connectivity index (χ3n) is 2.34. The summed E-state index contributed by atoms with van der Waals surface area (Å²) in [6, 6.07) is 7.73. The molecule has 0 spiro atoms. The number of thiazole rings is 1. The number of hydrogen-bond donors (Lipinski definition) is 1. The summed E-state index contributed by atoms with van der Waals surface area (Å²) in [5.74, 6) is 0. The van der Waals surface area contributed by atoms with Crippen molar-refractivity contribution in [1.82, 2.24) is 4.98 Å². The molecule has 0 radical (unpaired) electrons. The fraction of sp³-hybridized carbons (Fsp3) is 0.357. The fourth-order valence-electron chi connectivity index (χ4n) is 1.61. The van der Waals surface area contributed by atoms with E-state index in [9.17, 15) is 4.79 Å². The summed E-state index contributed by atoms with van der Waals surface area (Å²) in [7, 11) is 0. The number of carbonyl (C=O) groups is 1. The SMILES string of the molecule is CC(C)(C)OC(=O)Nc1nc2ccc(CC#N)cc2s1. The van der Waals surface area contributed by atoms with E-state index in [1.807, 2.05) is 18.2 Å². The average molecular weight is 289 g/mol. The number of nitrogens with one attached hydrogen (secondary N) is 1. The molecule has 2 rings (SSSR count). The van der Waals surface area contributed by atoms with E-state index in [1.54, 1.807) is 20.8 Å². The van der Waals surface area contributed by atoms with Crippen LogP contribution in [0.15, 0.2) is 18.2 Å². The first-order chi connectivity index (χ1) is 9.37. The topological polar surface area (TPSA) is 75.0 Å². The Morgan fingerprint density at radius 3 is 2.90 bits per heavy atom. The van der Waals surface area contributed by atoms with Gasteiger partial charge in [0.25, 0.3) is 0 Å². The number of nitriles is 1. The van der Waals surface area contributed by atoms with Crippen LogP contribution in [0.3, 0.4) is 0 Å². The van der Waals surface area contributed by atoms with Gasteiger partial charge in [-0.3, -0.25) is 5.32 Å². The van der Waals surface area contributed by atoms with Crippen molar-refractivity contribution >= 4 is 32.8 Å². The summed E-state index contributed by atoms with van der Waals surface area (Å²) in [6.07, 6.45) is -0.156. The lowest BCUT2D eigenvalue weighted by molar-refractivity contribution is 0.0636. The average Bonchev–Trinajstić information content (AvgIpc) is 2.67. The lowest BCUT2D eigenvalue weighted by atomic mass is 10.2. The minimum atomic E-state index is -0.541. The summed E-state index contributed by atoms with van der Waals surface area (Å²) in [6.45, 7) is 5.41. The van der Waals surface area contributed by atoms with Gasteiger partial charge in [0.2, 0.25) is 0 Å². The van der Waals surface area contributed by atoms with E-state index in [2.05, 4.69) is 16.4 Å². The zero-order valence-corrected chi connectivity index (χ0v) is 12.4. The predicted molar refractivity (Wildman–Crippen MR) is 78.8 cm³/mol. The molecule has 1 amide bonds. The van der Waals surface area contributed by atoms with Gasteiger partial charge in [-0.1, -0.05) is 17.4 Å². The Morgan fingerprint density at radius 1 is 1.50 bits per heavy atom. The van der Waals surface area contributed by atoms with E-state index in [0.29, 0.717) is 11.6 Å². The van der Waals surface area contributed by atoms with Crippen molar-refractivity contribution in [3.63, 3.8) is 0 Å².